The van der Waals surface area contributed by atoms with Crippen molar-refractivity contribution in [1.29, 1.82) is 0 Å². The van der Waals surface area contributed by atoms with E-state index in [0.29, 0.717) is 0 Å². The molecule has 0 amide bonds. The number of rotatable bonds is 9. The molecule has 0 unspecified atom stereocenters. The van der Waals surface area contributed by atoms with E-state index in [1.807, 2.05) is 0 Å². The number of hydrogen-bond donors (Lipinski definition) is 5. The number of hydrogen-bond acceptors (Lipinski definition) is 12. The number of carbonyl (C=O) groups excluding carboxylic acids is 3. The van der Waals surface area contributed by atoms with Gasteiger partial charge in [0.2, 0.25) is 0 Å². The van der Waals surface area contributed by atoms with Gasteiger partial charge in [-0.15, -0.1) is 0 Å². The van der Waals surface area contributed by atoms with E-state index in [1.165, 1.54) is 24.3 Å². The van der Waals surface area contributed by atoms with Gasteiger partial charge in [0, 0.05) is 5.56 Å². The lowest BCUT2D eigenvalue weighted by molar-refractivity contribution is -0.314. The third-order valence-electron chi connectivity index (χ3n) is 4.53. The van der Waals surface area contributed by atoms with Crippen molar-refractivity contribution < 1.29 is 58.9 Å². The molecule has 0 aromatic heterocycles. The van der Waals surface area contributed by atoms with Crippen molar-refractivity contribution in [1.82, 2.24) is 0 Å². The minimum atomic E-state index is -1.83. The lowest BCUT2D eigenvalue weighted by Gasteiger charge is -2.42. The Balaban J connectivity index is 2.20. The smallest absolute Gasteiger partial charge is 0.380 e. The fourth-order valence-corrected chi connectivity index (χ4v) is 2.81. The summed E-state index contributed by atoms with van der Waals surface area (Å²) < 4.78 is 20.2. The zero-order valence-electron chi connectivity index (χ0n) is 16.5. The quantitative estimate of drug-likeness (QED) is 0.158. The number of aromatic hydroxyl groups is 1. The van der Waals surface area contributed by atoms with Crippen molar-refractivity contribution in [2.45, 2.75) is 43.2 Å². The van der Waals surface area contributed by atoms with E-state index in [0.717, 1.165) is 7.11 Å². The largest absolute Gasteiger partial charge is 0.508 e. The van der Waals surface area contributed by atoms with Crippen LogP contribution < -0.4 is 0 Å². The Labute approximate surface area is 176 Å². The second-order valence-corrected chi connectivity index (χ2v) is 6.67. The van der Waals surface area contributed by atoms with E-state index in [1.54, 1.807) is 0 Å². The Hall–Kier alpha value is -2.61. The van der Waals surface area contributed by atoms with Gasteiger partial charge in [0.15, 0.2) is 12.4 Å². The van der Waals surface area contributed by atoms with Crippen LogP contribution in [0.25, 0.3) is 0 Å². The standard InChI is InChI=1S/C19H24O12/c1-28-13(23)6-11(7-20)29-19-17(16(26)15(25)12(8-21)30-19)31-18(27)14(24)9-2-4-10(22)5-3-9/h2-5,11-12,15-17,19-22,25-26H,6-8H2,1H3/t11-,12+,15+,16-,17+,19+/m0/s1. The van der Waals surface area contributed by atoms with Gasteiger partial charge in [-0.3, -0.25) is 9.59 Å². The zero-order chi connectivity index (χ0) is 23.1. The zero-order valence-corrected chi connectivity index (χ0v) is 16.5. The SMILES string of the molecule is COC(=O)C[C@@H](CO)O[C@@H]1O[C@H](CO)[C@@H](O)[C@H](O)[C@H]1OC(=O)C(=O)c1ccc(O)cc1. The lowest BCUT2D eigenvalue weighted by Crippen LogP contribution is -2.61. The first-order valence-electron chi connectivity index (χ1n) is 9.21. The Morgan fingerprint density at radius 3 is 2.29 bits per heavy atom. The van der Waals surface area contributed by atoms with E-state index < -0.39 is 74.2 Å². The molecule has 1 aromatic rings. The predicted octanol–water partition coefficient (Wildman–Crippen LogP) is -2.13. The maximum Gasteiger partial charge on any atom is 0.380 e. The van der Waals surface area contributed by atoms with Gasteiger partial charge in [0.1, 0.15) is 24.1 Å². The van der Waals surface area contributed by atoms with Crippen molar-refractivity contribution in [3.63, 3.8) is 0 Å². The number of aliphatic hydroxyl groups is 4. The van der Waals surface area contributed by atoms with E-state index in [-0.39, 0.29) is 11.3 Å². The van der Waals surface area contributed by atoms with Crippen molar-refractivity contribution in [2.75, 3.05) is 20.3 Å². The molecule has 0 saturated carbocycles. The van der Waals surface area contributed by atoms with Crippen molar-refractivity contribution >= 4 is 17.7 Å². The first kappa shape index (κ1) is 24.7. The van der Waals surface area contributed by atoms with Crippen LogP contribution in [0.3, 0.4) is 0 Å². The summed E-state index contributed by atoms with van der Waals surface area (Å²) in [6, 6.07) is 4.71. The summed E-state index contributed by atoms with van der Waals surface area (Å²) in [7, 11) is 1.12. The highest BCUT2D eigenvalue weighted by atomic mass is 16.7. The molecular weight excluding hydrogens is 420 g/mol. The molecule has 0 spiro atoms. The van der Waals surface area contributed by atoms with Gasteiger partial charge in [0.05, 0.1) is 32.8 Å². The molecular formula is C19H24O12. The summed E-state index contributed by atoms with van der Waals surface area (Å²) in [6.45, 7) is -1.41. The molecule has 1 saturated heterocycles. The van der Waals surface area contributed by atoms with Crippen LogP contribution in [0.4, 0.5) is 0 Å². The number of Topliss-reactive ketones (excluding diaryl/α,β-unsaturated/α-hetero) is 1. The Bertz CT molecular complexity index is 764. The molecule has 31 heavy (non-hydrogen) atoms. The maximum absolute atomic E-state index is 12.3. The second kappa shape index (κ2) is 11.1. The van der Waals surface area contributed by atoms with E-state index in [2.05, 4.69) is 4.74 Å². The molecule has 5 N–H and O–H groups in total. The summed E-state index contributed by atoms with van der Waals surface area (Å²) in [5, 5.41) is 48.5. The first-order chi connectivity index (χ1) is 14.7. The van der Waals surface area contributed by atoms with Gasteiger partial charge < -0.3 is 44.5 Å². The highest BCUT2D eigenvalue weighted by Crippen LogP contribution is 2.26. The molecule has 12 nitrogen and oxygen atoms in total. The maximum atomic E-state index is 12.3. The van der Waals surface area contributed by atoms with E-state index in [4.69, 9.17) is 14.2 Å². The molecule has 1 aliphatic rings. The van der Waals surface area contributed by atoms with Gasteiger partial charge >= 0.3 is 11.9 Å². The number of aliphatic hydroxyl groups excluding tert-OH is 4. The average Bonchev–Trinajstić information content (AvgIpc) is 2.77. The normalized spacial score (nSPS) is 26.7. The van der Waals surface area contributed by atoms with Crippen LogP contribution in [-0.4, -0.2) is 100 Å². The van der Waals surface area contributed by atoms with Crippen LogP contribution in [0.15, 0.2) is 24.3 Å². The van der Waals surface area contributed by atoms with Crippen LogP contribution in [0.2, 0.25) is 0 Å². The molecule has 0 bridgehead atoms. The van der Waals surface area contributed by atoms with Gasteiger partial charge in [-0.05, 0) is 24.3 Å². The summed E-state index contributed by atoms with van der Waals surface area (Å²) in [5.74, 6) is -3.40. The third kappa shape index (κ3) is 6.19. The van der Waals surface area contributed by atoms with Crippen LogP contribution in [0, 0.1) is 0 Å². The number of benzene rings is 1. The van der Waals surface area contributed by atoms with Gasteiger partial charge in [-0.25, -0.2) is 4.79 Å². The Morgan fingerprint density at radius 2 is 1.74 bits per heavy atom. The summed E-state index contributed by atoms with van der Waals surface area (Å²) in [4.78, 5) is 36.1. The average molecular weight is 444 g/mol. The molecule has 12 heteroatoms. The Kier molecular flexibility index (Phi) is 8.86. The molecule has 2 rings (SSSR count). The topological polar surface area (TPSA) is 189 Å². The molecule has 0 aliphatic carbocycles. The minimum absolute atomic E-state index is 0.112. The number of carbonyl (C=O) groups is 3. The Morgan fingerprint density at radius 1 is 1.10 bits per heavy atom. The molecule has 1 heterocycles. The summed E-state index contributed by atoms with van der Waals surface area (Å²) in [5.41, 5.74) is -0.112. The van der Waals surface area contributed by atoms with Gasteiger partial charge in [-0.2, -0.15) is 0 Å². The third-order valence-corrected chi connectivity index (χ3v) is 4.53. The molecule has 0 radical (unpaired) electrons. The van der Waals surface area contributed by atoms with Crippen molar-refractivity contribution in [2.24, 2.45) is 0 Å². The monoisotopic (exact) mass is 444 g/mol. The van der Waals surface area contributed by atoms with Crippen LogP contribution in [0.5, 0.6) is 5.75 Å². The number of methoxy groups -OCH3 is 1. The highest BCUT2D eigenvalue weighted by molar-refractivity contribution is 6.40. The minimum Gasteiger partial charge on any atom is -0.508 e. The molecule has 1 fully saturated rings. The number of phenols is 1. The van der Waals surface area contributed by atoms with Crippen LogP contribution in [0.1, 0.15) is 16.8 Å². The molecule has 1 aromatic carbocycles. The van der Waals surface area contributed by atoms with Gasteiger partial charge in [-0.1, -0.05) is 0 Å². The first-order valence-corrected chi connectivity index (χ1v) is 9.21. The van der Waals surface area contributed by atoms with Crippen LogP contribution in [-0.2, 0) is 28.5 Å². The van der Waals surface area contributed by atoms with Crippen molar-refractivity contribution in [3.05, 3.63) is 29.8 Å². The molecule has 1 aliphatic heterocycles. The summed E-state index contributed by atoms with van der Waals surface area (Å²) >= 11 is 0. The summed E-state index contributed by atoms with van der Waals surface area (Å²) in [6.07, 6.45) is -9.85. The van der Waals surface area contributed by atoms with Gasteiger partial charge in [0.25, 0.3) is 5.78 Å². The lowest BCUT2D eigenvalue weighted by atomic mass is 9.99. The van der Waals surface area contributed by atoms with E-state index >= 15 is 0 Å². The van der Waals surface area contributed by atoms with E-state index in [9.17, 15) is 39.9 Å². The highest BCUT2D eigenvalue weighted by Gasteiger charge is 2.48. The fraction of sp³-hybridized carbons (Fsp3) is 0.526. The molecule has 172 valence electrons. The number of esters is 2. The van der Waals surface area contributed by atoms with Crippen LogP contribution >= 0.6 is 0 Å². The number of ether oxygens (including phenoxy) is 4. The van der Waals surface area contributed by atoms with Crippen molar-refractivity contribution in [3.8, 4) is 5.75 Å². The molecule has 6 atom stereocenters. The number of ketones is 1. The second-order valence-electron chi connectivity index (χ2n) is 6.67. The predicted molar refractivity (Wildman–Crippen MR) is 98.7 cm³/mol. The fourth-order valence-electron chi connectivity index (χ4n) is 2.81. The number of phenolic OH excluding ortho intramolecular Hbond substituents is 1.